The van der Waals surface area contributed by atoms with Crippen LogP contribution in [-0.4, -0.2) is 37.3 Å². The summed E-state index contributed by atoms with van der Waals surface area (Å²) < 4.78 is 41.9. The highest BCUT2D eigenvalue weighted by Crippen LogP contribution is 2.30. The second kappa shape index (κ2) is 9.03. The number of carbonyl (C=O) groups excluding carboxylic acids is 1. The van der Waals surface area contributed by atoms with Gasteiger partial charge in [0.25, 0.3) is 15.9 Å². The second-order valence-electron chi connectivity index (χ2n) is 8.63. The van der Waals surface area contributed by atoms with Gasteiger partial charge in [-0.25, -0.2) is 12.8 Å². The van der Waals surface area contributed by atoms with Gasteiger partial charge in [0.05, 0.1) is 4.90 Å². The van der Waals surface area contributed by atoms with Crippen molar-refractivity contribution in [2.45, 2.75) is 18.2 Å². The maximum absolute atomic E-state index is 13.5. The number of carbonyl (C=O) groups is 1. The number of amides is 1. The van der Waals surface area contributed by atoms with E-state index in [1.165, 1.54) is 24.3 Å². The number of H-pyrrole nitrogens is 1. The van der Waals surface area contributed by atoms with Gasteiger partial charge in [-0.1, -0.05) is 24.3 Å². The summed E-state index contributed by atoms with van der Waals surface area (Å²) in [6, 6.07) is 17.8. The molecule has 5 rings (SSSR count). The van der Waals surface area contributed by atoms with Gasteiger partial charge in [0, 0.05) is 47.0 Å². The first-order chi connectivity index (χ1) is 16.8. The molecule has 0 atom stereocenters. The molecule has 2 N–H and O–H groups in total. The van der Waals surface area contributed by atoms with Crippen LogP contribution in [0.15, 0.2) is 83.9 Å². The van der Waals surface area contributed by atoms with Gasteiger partial charge < -0.3 is 9.88 Å². The molecule has 0 saturated carbocycles. The Morgan fingerprint density at radius 1 is 1.06 bits per heavy atom. The Hall–Kier alpha value is -3.91. The van der Waals surface area contributed by atoms with E-state index in [1.807, 2.05) is 25.3 Å². The smallest absolute Gasteiger partial charge is 0.261 e. The molecular formula is C27H24FN3O3S. The molecular weight excluding hydrogens is 465 g/mol. The normalized spacial score (nSPS) is 14.1. The number of rotatable bonds is 5. The van der Waals surface area contributed by atoms with Crippen molar-refractivity contribution in [3.8, 4) is 0 Å². The number of benzene rings is 3. The summed E-state index contributed by atoms with van der Waals surface area (Å²) in [5.74, 6) is -0.521. The predicted octanol–water partition coefficient (Wildman–Crippen LogP) is 5.35. The monoisotopic (exact) mass is 489 g/mol. The van der Waals surface area contributed by atoms with Crippen LogP contribution in [0.3, 0.4) is 0 Å². The lowest BCUT2D eigenvalue weighted by atomic mass is 9.98. The van der Waals surface area contributed by atoms with Gasteiger partial charge in [-0.15, -0.1) is 0 Å². The first-order valence-electron chi connectivity index (χ1n) is 11.2. The molecule has 0 spiro atoms. The number of sulfonamides is 1. The molecule has 1 aliphatic heterocycles. The fraction of sp³-hybridized carbons (Fsp3) is 0.148. The average Bonchev–Trinajstić information content (AvgIpc) is 3.26. The molecule has 6 nitrogen and oxygen atoms in total. The molecule has 0 unspecified atom stereocenters. The zero-order chi connectivity index (χ0) is 24.6. The second-order valence-corrected chi connectivity index (χ2v) is 10.3. The lowest BCUT2D eigenvalue weighted by molar-refractivity contribution is 0.0772. The summed E-state index contributed by atoms with van der Waals surface area (Å²) >= 11 is 0. The third kappa shape index (κ3) is 4.70. The number of hydrogen-bond donors (Lipinski definition) is 2. The molecule has 0 saturated heterocycles. The molecule has 0 aliphatic carbocycles. The molecule has 35 heavy (non-hydrogen) atoms. The fourth-order valence-corrected chi connectivity index (χ4v) is 5.46. The number of aromatic nitrogens is 1. The Bertz CT molecular complexity index is 1570. The summed E-state index contributed by atoms with van der Waals surface area (Å²) in [4.78, 5) is 18.0. The predicted molar refractivity (Wildman–Crippen MR) is 135 cm³/mol. The van der Waals surface area contributed by atoms with Crippen molar-refractivity contribution >= 4 is 38.1 Å². The molecule has 0 fully saturated rings. The Morgan fingerprint density at radius 3 is 2.66 bits per heavy atom. The van der Waals surface area contributed by atoms with E-state index in [0.29, 0.717) is 30.8 Å². The minimum atomic E-state index is -3.84. The third-order valence-electron chi connectivity index (χ3n) is 6.15. The van der Waals surface area contributed by atoms with E-state index in [-0.39, 0.29) is 16.6 Å². The van der Waals surface area contributed by atoms with E-state index < -0.39 is 10.0 Å². The summed E-state index contributed by atoms with van der Waals surface area (Å²) in [6.07, 6.45) is 4.50. The highest BCUT2D eigenvalue weighted by Gasteiger charge is 2.23. The van der Waals surface area contributed by atoms with Crippen molar-refractivity contribution in [3.63, 3.8) is 0 Å². The Kier molecular flexibility index (Phi) is 5.90. The topological polar surface area (TPSA) is 82.3 Å². The van der Waals surface area contributed by atoms with Crippen LogP contribution in [0.25, 0.3) is 16.5 Å². The fourth-order valence-electron chi connectivity index (χ4n) is 4.36. The lowest BCUT2D eigenvalue weighted by Gasteiger charge is -2.26. The van der Waals surface area contributed by atoms with Gasteiger partial charge in [-0.2, -0.15) is 0 Å². The average molecular weight is 490 g/mol. The number of aryl methyl sites for hydroxylation is 1. The van der Waals surface area contributed by atoms with Crippen molar-refractivity contribution in [1.82, 2.24) is 9.88 Å². The largest absolute Gasteiger partial charge is 0.360 e. The van der Waals surface area contributed by atoms with E-state index >= 15 is 0 Å². The summed E-state index contributed by atoms with van der Waals surface area (Å²) in [5, 5.41) is 0.941. The van der Waals surface area contributed by atoms with Gasteiger partial charge in [0.2, 0.25) is 0 Å². The standard InChI is InChI=1S/C27H24FN3O3S/c1-18-4-2-6-22(14-18)30-35(33,34)23-7-3-5-20(15-23)27(32)31-12-10-19(11-13-31)25-17-29-26-16-21(28)8-9-24(25)26/h2-10,14-17,29-30H,11-13H2,1H3. The molecule has 0 radical (unpaired) electrons. The van der Waals surface area contributed by atoms with Crippen LogP contribution in [0.5, 0.6) is 0 Å². The van der Waals surface area contributed by atoms with Crippen LogP contribution in [-0.2, 0) is 10.0 Å². The zero-order valence-electron chi connectivity index (χ0n) is 19.1. The number of nitrogens with one attached hydrogen (secondary N) is 2. The van der Waals surface area contributed by atoms with Gasteiger partial charge in [-0.3, -0.25) is 9.52 Å². The van der Waals surface area contributed by atoms with Crippen molar-refractivity contribution in [2.24, 2.45) is 0 Å². The van der Waals surface area contributed by atoms with Crippen molar-refractivity contribution < 1.29 is 17.6 Å². The molecule has 4 aromatic rings. The van der Waals surface area contributed by atoms with Crippen LogP contribution in [0.1, 0.15) is 27.9 Å². The van der Waals surface area contributed by atoms with Crippen molar-refractivity contribution in [2.75, 3.05) is 17.8 Å². The van der Waals surface area contributed by atoms with E-state index in [0.717, 1.165) is 27.6 Å². The first kappa shape index (κ1) is 22.9. The number of halogens is 1. The zero-order valence-corrected chi connectivity index (χ0v) is 19.9. The maximum Gasteiger partial charge on any atom is 0.261 e. The lowest BCUT2D eigenvalue weighted by Crippen LogP contribution is -2.34. The number of anilines is 1. The quantitative estimate of drug-likeness (QED) is 0.397. The minimum Gasteiger partial charge on any atom is -0.360 e. The Morgan fingerprint density at radius 2 is 1.89 bits per heavy atom. The van der Waals surface area contributed by atoms with Gasteiger partial charge in [-0.05, 0) is 73.0 Å². The molecule has 3 aromatic carbocycles. The molecule has 2 heterocycles. The van der Waals surface area contributed by atoms with Crippen molar-refractivity contribution in [1.29, 1.82) is 0 Å². The van der Waals surface area contributed by atoms with Crippen LogP contribution in [0.4, 0.5) is 10.1 Å². The van der Waals surface area contributed by atoms with Crippen LogP contribution >= 0.6 is 0 Å². The Labute approximate surface area is 203 Å². The number of fused-ring (bicyclic) bond motifs is 1. The van der Waals surface area contributed by atoms with Gasteiger partial charge in [0.1, 0.15) is 5.82 Å². The number of nitrogens with zero attached hydrogens (tertiary/aromatic N) is 1. The molecule has 1 aromatic heterocycles. The first-order valence-corrected chi connectivity index (χ1v) is 12.7. The molecule has 0 bridgehead atoms. The molecule has 1 aliphatic rings. The van der Waals surface area contributed by atoms with Crippen molar-refractivity contribution in [3.05, 3.63) is 102 Å². The summed E-state index contributed by atoms with van der Waals surface area (Å²) in [5.41, 5.74) is 4.54. The van der Waals surface area contributed by atoms with Gasteiger partial charge in [0.15, 0.2) is 0 Å². The summed E-state index contributed by atoms with van der Waals surface area (Å²) in [6.45, 7) is 2.78. The molecule has 1 amide bonds. The SMILES string of the molecule is Cc1cccc(NS(=O)(=O)c2cccc(C(=O)N3CC=C(c4c[nH]c5cc(F)ccc45)CC3)c2)c1. The van der Waals surface area contributed by atoms with E-state index in [9.17, 15) is 17.6 Å². The molecule has 8 heteroatoms. The van der Waals surface area contributed by atoms with E-state index in [4.69, 9.17) is 0 Å². The number of aromatic amines is 1. The van der Waals surface area contributed by atoms with E-state index in [1.54, 1.807) is 41.3 Å². The third-order valence-corrected chi connectivity index (χ3v) is 7.53. The number of hydrogen-bond acceptors (Lipinski definition) is 3. The highest BCUT2D eigenvalue weighted by molar-refractivity contribution is 7.92. The van der Waals surface area contributed by atoms with Crippen LogP contribution < -0.4 is 4.72 Å². The minimum absolute atomic E-state index is 0.0316. The Balaban J connectivity index is 1.33. The van der Waals surface area contributed by atoms with E-state index in [2.05, 4.69) is 9.71 Å². The van der Waals surface area contributed by atoms with Gasteiger partial charge >= 0.3 is 0 Å². The van der Waals surface area contributed by atoms with Crippen LogP contribution in [0, 0.1) is 12.7 Å². The molecule has 178 valence electrons. The maximum atomic E-state index is 13.5. The highest BCUT2D eigenvalue weighted by atomic mass is 32.2. The van der Waals surface area contributed by atoms with Crippen LogP contribution in [0.2, 0.25) is 0 Å². The summed E-state index contributed by atoms with van der Waals surface area (Å²) in [7, 11) is -3.84.